The van der Waals surface area contributed by atoms with Crippen LogP contribution >= 0.6 is 0 Å². The average Bonchev–Trinajstić information content (AvgIpc) is 1.97. The predicted molar refractivity (Wildman–Crippen MR) is 45.3 cm³/mol. The van der Waals surface area contributed by atoms with E-state index in [2.05, 4.69) is 31.2 Å². The molecule has 0 aromatic heterocycles. The molecule has 0 bridgehead atoms. The number of aryl methyl sites for hydroxylation is 1. The Morgan fingerprint density at radius 1 is 1.45 bits per heavy atom. The van der Waals surface area contributed by atoms with Gasteiger partial charge in [0.1, 0.15) is 0 Å². The second-order valence-electron chi connectivity index (χ2n) is 2.19. The van der Waals surface area contributed by atoms with Crippen LogP contribution in [0.15, 0.2) is 24.3 Å². The zero-order chi connectivity index (χ0) is 8.69. The molecule has 2 nitrogen and oxygen atoms in total. The Hall–Kier alpha value is -0.310. The third-order valence-corrected chi connectivity index (χ3v) is 2.55. The summed E-state index contributed by atoms with van der Waals surface area (Å²) in [7, 11) is 0. The summed E-state index contributed by atoms with van der Waals surface area (Å²) in [6.45, 7) is 1.91. The fourth-order valence-corrected chi connectivity index (χ4v) is 1.02. The number of rotatable bonds is 0. The van der Waals surface area contributed by atoms with Gasteiger partial charge >= 0.3 is 67.5 Å². The predicted octanol–water partition coefficient (Wildman–Crippen LogP) is 0.490. The van der Waals surface area contributed by atoms with Crippen molar-refractivity contribution in [2.45, 2.75) is 6.92 Å². The first-order valence-corrected chi connectivity index (χ1v) is 4.32. The topological polar surface area (TPSA) is 37.3 Å². The van der Waals surface area contributed by atoms with Gasteiger partial charge in [-0.15, -0.1) is 0 Å². The first-order valence-electron chi connectivity index (χ1n) is 3.32. The summed E-state index contributed by atoms with van der Waals surface area (Å²) in [6, 6.07) is 8.51. The van der Waals surface area contributed by atoms with Gasteiger partial charge in [-0.1, -0.05) is 0 Å². The van der Waals surface area contributed by atoms with Crippen LogP contribution in [0.2, 0.25) is 0 Å². The molecule has 0 heterocycles. The van der Waals surface area contributed by atoms with Crippen molar-refractivity contribution in [3.8, 4) is 0 Å². The molecule has 0 unspecified atom stereocenters. The summed E-state index contributed by atoms with van der Waals surface area (Å²) in [6.07, 6.45) is 0. The smallest absolute Gasteiger partial charge is 0.290 e. The van der Waals surface area contributed by atoms with Gasteiger partial charge < -0.3 is 5.11 Å². The van der Waals surface area contributed by atoms with Crippen LogP contribution in [0.4, 0.5) is 0 Å². The van der Waals surface area contributed by atoms with Crippen molar-refractivity contribution in [1.29, 1.82) is 0 Å². The monoisotopic (exact) mass is 160 g/mol. The van der Waals surface area contributed by atoms with Crippen molar-refractivity contribution in [3.05, 3.63) is 29.8 Å². The van der Waals surface area contributed by atoms with Gasteiger partial charge in [0, 0.05) is 0 Å². The molecule has 0 atom stereocenters. The molecule has 0 saturated heterocycles. The maximum atomic E-state index is 8.36. The molecular weight excluding hydrogens is 151 g/mol. The fourth-order valence-electron chi connectivity index (χ4n) is 0.663. The number of carboxylic acid groups (broad SMARTS) is 1. The number of benzene rings is 1. The van der Waals surface area contributed by atoms with Crippen molar-refractivity contribution >= 4 is 37.2 Å². The molecule has 1 aromatic rings. The van der Waals surface area contributed by atoms with Gasteiger partial charge in [-0.05, 0) is 0 Å². The van der Waals surface area contributed by atoms with Crippen molar-refractivity contribution in [2.75, 3.05) is 0 Å². The van der Waals surface area contributed by atoms with Crippen molar-refractivity contribution < 1.29 is 9.90 Å². The summed E-state index contributed by atoms with van der Waals surface area (Å²) in [5.74, 6) is 0. The third kappa shape index (κ3) is 5.01. The summed E-state index contributed by atoms with van der Waals surface area (Å²) in [5.41, 5.74) is 1.43. The van der Waals surface area contributed by atoms with E-state index in [1.165, 1.54) is 36.3 Å². The van der Waals surface area contributed by atoms with Gasteiger partial charge in [0.15, 0.2) is 0 Å². The molecule has 0 aliphatic heterocycles. The Balaban J connectivity index is 0.000000292. The number of hydrogen-bond acceptors (Lipinski definition) is 1. The number of carbonyl (C=O) groups is 1. The van der Waals surface area contributed by atoms with Crippen LogP contribution in [0.25, 0.3) is 0 Å². The Labute approximate surface area is 83.7 Å². The summed E-state index contributed by atoms with van der Waals surface area (Å²) in [5, 5.41) is 6.89. The van der Waals surface area contributed by atoms with E-state index in [-0.39, 0.29) is 6.47 Å². The maximum Gasteiger partial charge on any atom is 0.290 e. The van der Waals surface area contributed by atoms with Crippen LogP contribution in [0, 0.1) is 6.92 Å². The minimum Gasteiger partial charge on any atom is -0.483 e. The van der Waals surface area contributed by atoms with E-state index < -0.39 is 0 Å². The van der Waals surface area contributed by atoms with E-state index in [1.54, 1.807) is 0 Å². The second-order valence-corrected chi connectivity index (χ2v) is 3.27. The molecule has 0 radical (unpaired) electrons. The molecule has 54 valence electrons. The normalized spacial score (nSPS) is 7.91. The van der Waals surface area contributed by atoms with Crippen LogP contribution in [0.1, 0.15) is 5.56 Å². The van der Waals surface area contributed by atoms with Gasteiger partial charge in [0.25, 0.3) is 6.47 Å². The Bertz CT molecular complexity index is 202. The van der Waals surface area contributed by atoms with Gasteiger partial charge in [-0.3, -0.25) is 4.79 Å². The van der Waals surface area contributed by atoms with Crippen LogP contribution in [0.3, 0.4) is 0 Å². The van der Waals surface area contributed by atoms with Crippen LogP contribution in [-0.4, -0.2) is 39.5 Å². The minimum absolute atomic E-state index is 0.250. The molecule has 0 fully saturated rings. The van der Waals surface area contributed by atoms with E-state index >= 15 is 0 Å². The SMILES string of the molecule is Cc1cccc[c]1[Na].O=CO. The largest absolute Gasteiger partial charge is 0.483 e. The number of hydrogen-bond donors (Lipinski definition) is 1. The van der Waals surface area contributed by atoms with E-state index in [1.807, 2.05) is 0 Å². The van der Waals surface area contributed by atoms with Crippen molar-refractivity contribution in [3.63, 3.8) is 0 Å². The van der Waals surface area contributed by atoms with Crippen LogP contribution < -0.4 is 2.81 Å². The quantitative estimate of drug-likeness (QED) is 0.443. The Kier molecular flexibility index (Phi) is 6.22. The molecule has 0 amide bonds. The van der Waals surface area contributed by atoms with E-state index in [9.17, 15) is 0 Å². The summed E-state index contributed by atoms with van der Waals surface area (Å²) < 4.78 is 1.51. The van der Waals surface area contributed by atoms with E-state index in [4.69, 9.17) is 9.90 Å². The van der Waals surface area contributed by atoms with Gasteiger partial charge in [0.2, 0.25) is 0 Å². The molecule has 11 heavy (non-hydrogen) atoms. The average molecular weight is 160 g/mol. The minimum atomic E-state index is -0.250. The standard InChI is InChI=1S/C7H7.CH2O2.Na/c1-7-5-3-2-4-6-7;2-1-3;/h2-5H,1H3;1H,(H,2,3);. The first kappa shape index (κ1) is 10.7. The van der Waals surface area contributed by atoms with Crippen molar-refractivity contribution in [2.24, 2.45) is 0 Å². The molecule has 0 spiro atoms. The Morgan fingerprint density at radius 2 is 1.91 bits per heavy atom. The Morgan fingerprint density at radius 3 is 2.18 bits per heavy atom. The van der Waals surface area contributed by atoms with Crippen molar-refractivity contribution in [1.82, 2.24) is 0 Å². The van der Waals surface area contributed by atoms with E-state index in [0.29, 0.717) is 0 Å². The second kappa shape index (κ2) is 6.40. The molecule has 1 rings (SSSR count). The molecule has 1 aromatic carbocycles. The molecule has 3 heteroatoms. The molecule has 0 aliphatic rings. The zero-order valence-corrected chi connectivity index (χ0v) is 8.74. The van der Waals surface area contributed by atoms with Crippen LogP contribution in [0.5, 0.6) is 0 Å². The molecule has 1 N–H and O–H groups in total. The third-order valence-electron chi connectivity index (χ3n) is 1.43. The molecule has 0 aliphatic carbocycles. The van der Waals surface area contributed by atoms with Gasteiger partial charge in [-0.25, -0.2) is 0 Å². The first-order chi connectivity index (χ1) is 5.22. The van der Waals surface area contributed by atoms with Gasteiger partial charge in [0.05, 0.1) is 0 Å². The summed E-state index contributed by atoms with van der Waals surface area (Å²) >= 11 is 1.18. The summed E-state index contributed by atoms with van der Waals surface area (Å²) in [4.78, 5) is 8.36. The fraction of sp³-hybridized carbons (Fsp3) is 0.125. The zero-order valence-electron chi connectivity index (χ0n) is 6.74. The van der Waals surface area contributed by atoms with E-state index in [0.717, 1.165) is 0 Å². The molecular formula is C8H9NaO2. The molecule has 0 saturated carbocycles. The van der Waals surface area contributed by atoms with Crippen LogP contribution in [-0.2, 0) is 4.79 Å². The maximum absolute atomic E-state index is 8.36. The van der Waals surface area contributed by atoms with Gasteiger partial charge in [-0.2, -0.15) is 0 Å².